The summed E-state index contributed by atoms with van der Waals surface area (Å²) in [5.74, 6) is 2.16. The van der Waals surface area contributed by atoms with Crippen molar-refractivity contribution in [1.29, 1.82) is 0 Å². The van der Waals surface area contributed by atoms with Crippen LogP contribution in [0, 0.1) is 13.8 Å². The Hall–Kier alpha value is -2.21. The summed E-state index contributed by atoms with van der Waals surface area (Å²) in [6.07, 6.45) is 0. The minimum Gasteiger partial charge on any atom is -0.493 e. The fraction of sp³-hybridized carbons (Fsp3) is 0.500. The van der Waals surface area contributed by atoms with Crippen LogP contribution in [-0.4, -0.2) is 30.1 Å². The van der Waals surface area contributed by atoms with Gasteiger partial charge in [-0.2, -0.15) is 5.10 Å². The van der Waals surface area contributed by atoms with Gasteiger partial charge in [0.15, 0.2) is 11.5 Å². The Morgan fingerprint density at radius 3 is 2.71 bits per heavy atom. The van der Waals surface area contributed by atoms with E-state index in [2.05, 4.69) is 24.3 Å². The van der Waals surface area contributed by atoms with Gasteiger partial charge in [-0.1, -0.05) is 0 Å². The Morgan fingerprint density at radius 1 is 1.29 bits per heavy atom. The van der Waals surface area contributed by atoms with Gasteiger partial charge in [0.2, 0.25) is 5.75 Å². The smallest absolute Gasteiger partial charge is 0.203 e. The average Bonchev–Trinajstić information content (AvgIpc) is 2.84. The minimum atomic E-state index is 0.206. The summed E-state index contributed by atoms with van der Waals surface area (Å²) >= 11 is 0. The molecule has 0 radical (unpaired) electrons. The number of nitrogens with one attached hydrogen (secondary N) is 1. The van der Waals surface area contributed by atoms with E-state index in [1.165, 1.54) is 11.3 Å². The van der Waals surface area contributed by atoms with Gasteiger partial charge in [-0.25, -0.2) is 0 Å². The van der Waals surface area contributed by atoms with Crippen molar-refractivity contribution >= 4 is 0 Å². The molecule has 6 heteroatoms. The Balaban J connectivity index is 1.77. The monoisotopic (exact) mass is 331 g/mol. The molecule has 1 N–H and O–H groups in total. The van der Waals surface area contributed by atoms with Crippen LogP contribution in [0.1, 0.15) is 35.5 Å². The number of hydrogen-bond acceptors (Lipinski definition) is 5. The average molecular weight is 331 g/mol. The van der Waals surface area contributed by atoms with Crippen molar-refractivity contribution in [2.45, 2.75) is 33.4 Å². The summed E-state index contributed by atoms with van der Waals surface area (Å²) in [5.41, 5.74) is 4.60. The molecule has 1 atom stereocenters. The van der Waals surface area contributed by atoms with Crippen molar-refractivity contribution in [2.24, 2.45) is 7.05 Å². The third kappa shape index (κ3) is 3.06. The molecule has 0 fully saturated rings. The Labute approximate surface area is 142 Å². The van der Waals surface area contributed by atoms with E-state index in [1.807, 2.05) is 30.8 Å². The fourth-order valence-corrected chi connectivity index (χ4v) is 3.22. The molecular weight excluding hydrogens is 306 g/mol. The van der Waals surface area contributed by atoms with Crippen LogP contribution in [0.4, 0.5) is 0 Å². The first-order chi connectivity index (χ1) is 11.5. The first kappa shape index (κ1) is 16.6. The first-order valence-corrected chi connectivity index (χ1v) is 8.21. The van der Waals surface area contributed by atoms with Crippen molar-refractivity contribution < 1.29 is 14.2 Å². The third-order valence-corrected chi connectivity index (χ3v) is 4.50. The Bertz CT molecular complexity index is 722. The van der Waals surface area contributed by atoms with Crippen LogP contribution in [-0.2, 0) is 13.6 Å². The lowest BCUT2D eigenvalue weighted by atomic mass is 10.1. The zero-order valence-corrected chi connectivity index (χ0v) is 15.0. The van der Waals surface area contributed by atoms with E-state index >= 15 is 0 Å². The van der Waals surface area contributed by atoms with Gasteiger partial charge in [0, 0.05) is 30.9 Å². The molecular formula is C18H25N3O3. The topological polar surface area (TPSA) is 57.5 Å². The molecule has 2 heterocycles. The number of benzene rings is 1. The molecule has 0 amide bonds. The van der Waals surface area contributed by atoms with Gasteiger partial charge in [0.1, 0.15) is 13.2 Å². The number of aryl methyl sites for hydroxylation is 2. The number of ether oxygens (including phenoxy) is 3. The number of methoxy groups -OCH3 is 1. The van der Waals surface area contributed by atoms with Crippen LogP contribution in [0.15, 0.2) is 12.1 Å². The van der Waals surface area contributed by atoms with Crippen molar-refractivity contribution in [1.82, 2.24) is 15.1 Å². The van der Waals surface area contributed by atoms with Gasteiger partial charge < -0.3 is 19.5 Å². The van der Waals surface area contributed by atoms with Crippen LogP contribution in [0.5, 0.6) is 17.2 Å². The van der Waals surface area contributed by atoms with Gasteiger partial charge in [0.05, 0.1) is 12.8 Å². The van der Waals surface area contributed by atoms with E-state index in [1.54, 1.807) is 7.11 Å². The maximum Gasteiger partial charge on any atom is 0.203 e. The summed E-state index contributed by atoms with van der Waals surface area (Å²) in [6.45, 7) is 8.14. The van der Waals surface area contributed by atoms with Crippen molar-refractivity contribution in [3.8, 4) is 17.2 Å². The summed E-state index contributed by atoms with van der Waals surface area (Å²) in [7, 11) is 3.63. The molecule has 2 aromatic rings. The highest BCUT2D eigenvalue weighted by Crippen LogP contribution is 2.40. The maximum absolute atomic E-state index is 5.69. The number of fused-ring (bicyclic) bond motifs is 1. The number of hydrogen-bond donors (Lipinski definition) is 1. The molecule has 24 heavy (non-hydrogen) atoms. The standard InChI is InChI=1S/C18H25N3O3/c1-11(17-12(2)20-21(4)13(17)3)19-10-14-8-15(22-5)18-16(9-14)23-6-7-24-18/h8-9,11,19H,6-7,10H2,1-5H3/t11-/m1/s1. The van der Waals surface area contributed by atoms with Crippen LogP contribution in [0.2, 0.25) is 0 Å². The zero-order valence-electron chi connectivity index (χ0n) is 15.0. The maximum atomic E-state index is 5.69. The van der Waals surface area contributed by atoms with E-state index in [9.17, 15) is 0 Å². The van der Waals surface area contributed by atoms with E-state index < -0.39 is 0 Å². The van der Waals surface area contributed by atoms with Gasteiger partial charge in [-0.05, 0) is 38.5 Å². The van der Waals surface area contributed by atoms with Crippen LogP contribution < -0.4 is 19.5 Å². The number of aromatic nitrogens is 2. The zero-order chi connectivity index (χ0) is 17.3. The van der Waals surface area contributed by atoms with Gasteiger partial charge in [-0.3, -0.25) is 4.68 Å². The van der Waals surface area contributed by atoms with E-state index in [-0.39, 0.29) is 6.04 Å². The highest BCUT2D eigenvalue weighted by molar-refractivity contribution is 5.54. The van der Waals surface area contributed by atoms with Crippen molar-refractivity contribution in [3.05, 3.63) is 34.6 Å². The summed E-state index contributed by atoms with van der Waals surface area (Å²) < 4.78 is 18.7. The lowest BCUT2D eigenvalue weighted by Gasteiger charge is -2.22. The van der Waals surface area contributed by atoms with Gasteiger partial charge in [0.25, 0.3) is 0 Å². The van der Waals surface area contributed by atoms with E-state index in [4.69, 9.17) is 14.2 Å². The molecule has 6 nitrogen and oxygen atoms in total. The van der Waals surface area contributed by atoms with E-state index in [0.717, 1.165) is 17.0 Å². The molecule has 0 unspecified atom stereocenters. The highest BCUT2D eigenvalue weighted by atomic mass is 16.6. The Kier molecular flexibility index (Phi) is 4.66. The summed E-state index contributed by atoms with van der Waals surface area (Å²) in [4.78, 5) is 0. The normalized spacial score (nSPS) is 14.5. The van der Waals surface area contributed by atoms with E-state index in [0.29, 0.717) is 31.3 Å². The fourth-order valence-electron chi connectivity index (χ4n) is 3.22. The van der Waals surface area contributed by atoms with Gasteiger partial charge >= 0.3 is 0 Å². The quantitative estimate of drug-likeness (QED) is 0.913. The molecule has 3 rings (SSSR count). The molecule has 1 aromatic heterocycles. The third-order valence-electron chi connectivity index (χ3n) is 4.50. The largest absolute Gasteiger partial charge is 0.493 e. The van der Waals surface area contributed by atoms with Crippen molar-refractivity contribution in [3.63, 3.8) is 0 Å². The second kappa shape index (κ2) is 6.73. The molecule has 1 aliphatic rings. The minimum absolute atomic E-state index is 0.206. The van der Waals surface area contributed by atoms with Crippen LogP contribution in [0.25, 0.3) is 0 Å². The molecule has 1 aliphatic heterocycles. The summed E-state index contributed by atoms with van der Waals surface area (Å²) in [6, 6.07) is 4.22. The molecule has 0 spiro atoms. The Morgan fingerprint density at radius 2 is 2.04 bits per heavy atom. The highest BCUT2D eigenvalue weighted by Gasteiger charge is 2.20. The second-order valence-corrected chi connectivity index (χ2v) is 6.13. The SMILES string of the molecule is COc1cc(CN[C@H](C)c2c(C)nn(C)c2C)cc2c1OCCO2. The predicted molar refractivity (Wildman–Crippen MR) is 91.9 cm³/mol. The molecule has 0 saturated carbocycles. The predicted octanol–water partition coefficient (Wildman–Crippen LogP) is 2.67. The molecule has 0 aliphatic carbocycles. The lowest BCUT2D eigenvalue weighted by molar-refractivity contribution is 0.165. The molecule has 1 aromatic carbocycles. The molecule has 0 bridgehead atoms. The number of nitrogens with zero attached hydrogens (tertiary/aromatic N) is 2. The van der Waals surface area contributed by atoms with Crippen LogP contribution >= 0.6 is 0 Å². The molecule has 130 valence electrons. The van der Waals surface area contributed by atoms with Gasteiger partial charge in [-0.15, -0.1) is 0 Å². The second-order valence-electron chi connectivity index (χ2n) is 6.13. The molecule has 0 saturated heterocycles. The van der Waals surface area contributed by atoms with Crippen LogP contribution in [0.3, 0.4) is 0 Å². The lowest BCUT2D eigenvalue weighted by Crippen LogP contribution is -2.20. The summed E-state index contributed by atoms with van der Waals surface area (Å²) in [5, 5.41) is 8.05. The van der Waals surface area contributed by atoms with Crippen molar-refractivity contribution in [2.75, 3.05) is 20.3 Å². The number of rotatable bonds is 5. The first-order valence-electron chi connectivity index (χ1n) is 8.21.